The molecule has 154 valence electrons. The topological polar surface area (TPSA) is 40.6 Å². The predicted octanol–water partition coefficient (Wildman–Crippen LogP) is 3.44. The molecular weight excluding hydrogens is 387 g/mol. The molecule has 0 N–H and O–H groups in total. The third-order valence-corrected chi connectivity index (χ3v) is 8.96. The Morgan fingerprint density at radius 1 is 0.966 bits per heavy atom. The van der Waals surface area contributed by atoms with Crippen molar-refractivity contribution in [1.82, 2.24) is 9.21 Å². The molecule has 29 heavy (non-hydrogen) atoms. The summed E-state index contributed by atoms with van der Waals surface area (Å²) in [6.07, 6.45) is 2.95. The highest BCUT2D eigenvalue weighted by atomic mass is 32.2. The first-order valence-electron chi connectivity index (χ1n) is 10.6. The van der Waals surface area contributed by atoms with Crippen molar-refractivity contribution >= 4 is 10.0 Å². The molecule has 6 heteroatoms. The second-order valence-electron chi connectivity index (χ2n) is 8.69. The van der Waals surface area contributed by atoms with Gasteiger partial charge in [-0.2, -0.15) is 4.31 Å². The van der Waals surface area contributed by atoms with Crippen LogP contribution in [0, 0.1) is 17.7 Å². The van der Waals surface area contributed by atoms with Gasteiger partial charge < -0.3 is 4.90 Å². The second-order valence-corrected chi connectivity index (χ2v) is 10.7. The van der Waals surface area contributed by atoms with Crippen LogP contribution in [0.3, 0.4) is 0 Å². The van der Waals surface area contributed by atoms with Crippen molar-refractivity contribution in [2.24, 2.45) is 11.8 Å². The van der Waals surface area contributed by atoms with E-state index in [0.717, 1.165) is 43.6 Å². The Bertz CT molecular complexity index is 984. The Hall–Kier alpha value is -1.76. The zero-order valence-electron chi connectivity index (χ0n) is 16.5. The van der Waals surface area contributed by atoms with E-state index in [2.05, 4.69) is 11.0 Å². The molecule has 0 saturated carbocycles. The van der Waals surface area contributed by atoms with Gasteiger partial charge in [0.05, 0.1) is 11.8 Å². The number of hydrogen-bond donors (Lipinski definition) is 0. The van der Waals surface area contributed by atoms with Crippen molar-refractivity contribution in [3.05, 3.63) is 71.0 Å². The first-order chi connectivity index (χ1) is 14.0. The Morgan fingerprint density at radius 3 is 2.38 bits per heavy atom. The number of sulfonamides is 1. The number of rotatable bonds is 4. The lowest BCUT2D eigenvalue weighted by Gasteiger charge is -2.45. The summed E-state index contributed by atoms with van der Waals surface area (Å²) < 4.78 is 42.5. The average Bonchev–Trinajstić information content (AvgIpc) is 2.74. The van der Waals surface area contributed by atoms with Crippen LogP contribution in [0.4, 0.5) is 4.39 Å². The van der Waals surface area contributed by atoms with Crippen LogP contribution in [0.2, 0.25) is 0 Å². The fourth-order valence-corrected chi connectivity index (χ4v) is 7.51. The van der Waals surface area contributed by atoms with Crippen molar-refractivity contribution < 1.29 is 12.8 Å². The van der Waals surface area contributed by atoms with Crippen molar-refractivity contribution in [1.29, 1.82) is 0 Å². The number of halogens is 1. The fourth-order valence-electron chi connectivity index (χ4n) is 5.48. The van der Waals surface area contributed by atoms with E-state index < -0.39 is 10.0 Å². The Balaban J connectivity index is 1.49. The molecule has 2 atom stereocenters. The van der Waals surface area contributed by atoms with E-state index in [-0.39, 0.29) is 23.5 Å². The van der Waals surface area contributed by atoms with Gasteiger partial charge in [0.2, 0.25) is 10.0 Å². The molecule has 0 amide bonds. The molecule has 3 fully saturated rings. The van der Waals surface area contributed by atoms with Gasteiger partial charge in [0.15, 0.2) is 0 Å². The monoisotopic (exact) mass is 414 g/mol. The van der Waals surface area contributed by atoms with Crippen molar-refractivity contribution in [2.75, 3.05) is 31.9 Å². The molecule has 0 spiro atoms. The lowest BCUT2D eigenvalue weighted by molar-refractivity contribution is 0.0611. The first kappa shape index (κ1) is 19.2. The van der Waals surface area contributed by atoms with Crippen LogP contribution in [-0.2, 0) is 16.4 Å². The van der Waals surface area contributed by atoms with E-state index in [0.29, 0.717) is 18.9 Å². The summed E-state index contributed by atoms with van der Waals surface area (Å²) in [5, 5.41) is 0. The molecule has 2 aromatic carbocycles. The molecule has 0 aromatic heterocycles. The van der Waals surface area contributed by atoms with Crippen LogP contribution < -0.4 is 0 Å². The smallest absolute Gasteiger partial charge is 0.215 e. The fraction of sp³-hybridized carbons (Fsp3) is 0.478. The molecule has 4 nitrogen and oxygen atoms in total. The van der Waals surface area contributed by atoms with Crippen LogP contribution in [0.25, 0.3) is 0 Å². The second kappa shape index (κ2) is 7.49. The molecule has 6 rings (SSSR count). The molecule has 4 aliphatic heterocycles. The van der Waals surface area contributed by atoms with E-state index in [9.17, 15) is 12.8 Å². The minimum Gasteiger partial charge on any atom is -0.303 e. The van der Waals surface area contributed by atoms with E-state index >= 15 is 0 Å². The molecule has 0 unspecified atom stereocenters. The molecule has 4 aliphatic rings. The van der Waals surface area contributed by atoms with Crippen molar-refractivity contribution in [2.45, 2.75) is 25.3 Å². The van der Waals surface area contributed by atoms with Crippen molar-refractivity contribution in [3.63, 3.8) is 0 Å². The van der Waals surface area contributed by atoms with Gasteiger partial charge in [-0.05, 0) is 73.0 Å². The van der Waals surface area contributed by atoms with Gasteiger partial charge >= 0.3 is 0 Å². The molecule has 0 aliphatic carbocycles. The normalized spacial score (nSPS) is 29.6. The standard InChI is InChI=1S/C23H27FN2O2S/c24-21-7-5-19(6-8-21)23-22-4-2-1-3-18(22)11-14-26(23)29(27,28)16-20-15-25-12-9-17(20)10-13-25/h1-8,17,20,23H,9-16H2/t20-,23-/m0/s1. The lowest BCUT2D eigenvalue weighted by atomic mass is 9.80. The van der Waals surface area contributed by atoms with E-state index in [1.54, 1.807) is 16.4 Å². The maximum absolute atomic E-state index is 13.6. The molecular formula is C23H27FN2O2S. The summed E-state index contributed by atoms with van der Waals surface area (Å²) in [5.41, 5.74) is 3.02. The summed E-state index contributed by atoms with van der Waals surface area (Å²) in [6, 6.07) is 13.9. The third kappa shape index (κ3) is 3.62. The Labute approximate surface area is 172 Å². The highest BCUT2D eigenvalue weighted by Gasteiger charge is 2.41. The van der Waals surface area contributed by atoms with E-state index in [4.69, 9.17) is 0 Å². The third-order valence-electron chi connectivity index (χ3n) is 7.00. The van der Waals surface area contributed by atoms with Crippen LogP contribution in [0.1, 0.15) is 35.6 Å². The van der Waals surface area contributed by atoms with E-state index in [1.807, 2.05) is 18.2 Å². The maximum Gasteiger partial charge on any atom is 0.215 e. The molecule has 2 aromatic rings. The minimum atomic E-state index is -3.44. The molecule has 4 heterocycles. The predicted molar refractivity (Wildman–Crippen MR) is 112 cm³/mol. The number of piperidine rings is 3. The largest absolute Gasteiger partial charge is 0.303 e. The quantitative estimate of drug-likeness (QED) is 0.770. The van der Waals surface area contributed by atoms with Gasteiger partial charge in [0.25, 0.3) is 0 Å². The van der Waals surface area contributed by atoms with Gasteiger partial charge in [0.1, 0.15) is 5.82 Å². The molecule has 2 bridgehead atoms. The van der Waals surface area contributed by atoms with Crippen molar-refractivity contribution in [3.8, 4) is 0 Å². The Kier molecular flexibility index (Phi) is 4.96. The number of benzene rings is 2. The zero-order chi connectivity index (χ0) is 20.0. The van der Waals surface area contributed by atoms with Crippen LogP contribution in [0.15, 0.2) is 48.5 Å². The highest BCUT2D eigenvalue weighted by Crippen LogP contribution is 2.39. The van der Waals surface area contributed by atoms with Gasteiger partial charge in [-0.1, -0.05) is 36.4 Å². The average molecular weight is 415 g/mol. The van der Waals surface area contributed by atoms with Crippen LogP contribution in [0.5, 0.6) is 0 Å². The van der Waals surface area contributed by atoms with Gasteiger partial charge in [0, 0.05) is 13.1 Å². The molecule has 3 saturated heterocycles. The summed E-state index contributed by atoms with van der Waals surface area (Å²) in [4.78, 5) is 2.41. The molecule has 0 radical (unpaired) electrons. The van der Waals surface area contributed by atoms with Crippen LogP contribution >= 0.6 is 0 Å². The summed E-state index contributed by atoms with van der Waals surface area (Å²) >= 11 is 0. The van der Waals surface area contributed by atoms with Gasteiger partial charge in [-0.3, -0.25) is 0 Å². The SMILES string of the molecule is O=S(=O)(C[C@@H]1CN2CCC1CC2)N1CCc2ccccc2[C@@H]1c1ccc(F)cc1. The summed E-state index contributed by atoms with van der Waals surface area (Å²) in [6.45, 7) is 3.59. The number of nitrogens with zero attached hydrogens (tertiary/aromatic N) is 2. The maximum atomic E-state index is 13.6. The lowest BCUT2D eigenvalue weighted by Crippen LogP contribution is -2.51. The minimum absolute atomic E-state index is 0.216. The Morgan fingerprint density at radius 2 is 1.69 bits per heavy atom. The zero-order valence-corrected chi connectivity index (χ0v) is 17.3. The summed E-state index contributed by atoms with van der Waals surface area (Å²) in [5.74, 6) is 0.651. The van der Waals surface area contributed by atoms with Gasteiger partial charge in [-0.15, -0.1) is 0 Å². The number of fused-ring (bicyclic) bond motifs is 4. The van der Waals surface area contributed by atoms with Gasteiger partial charge in [-0.25, -0.2) is 12.8 Å². The first-order valence-corrected chi connectivity index (χ1v) is 12.2. The van der Waals surface area contributed by atoms with E-state index in [1.165, 1.54) is 17.7 Å². The number of hydrogen-bond acceptors (Lipinski definition) is 3. The highest BCUT2D eigenvalue weighted by molar-refractivity contribution is 7.89. The summed E-state index contributed by atoms with van der Waals surface area (Å²) in [7, 11) is -3.44. The van der Waals surface area contributed by atoms with Crippen LogP contribution in [-0.4, -0.2) is 49.6 Å².